The predicted molar refractivity (Wildman–Crippen MR) is 259 cm³/mol. The van der Waals surface area contributed by atoms with Crippen molar-refractivity contribution in [3.05, 3.63) is 12.2 Å². The first kappa shape index (κ1) is 60.1. The van der Waals surface area contributed by atoms with Crippen molar-refractivity contribution >= 4 is 17.9 Å². The molecule has 2 unspecified atom stereocenters. The summed E-state index contributed by atoms with van der Waals surface area (Å²) in [6, 6.07) is -0.722. The summed E-state index contributed by atoms with van der Waals surface area (Å²) < 4.78 is 17.3. The van der Waals surface area contributed by atoms with Gasteiger partial charge < -0.3 is 28.6 Å². The van der Waals surface area contributed by atoms with Crippen LogP contribution in [0.2, 0.25) is 0 Å². The second kappa shape index (κ2) is 45.6. The molecule has 0 aliphatic carbocycles. The molecule has 0 aromatic carbocycles. The number of hydrogen-bond donors (Lipinski definition) is 0. The lowest BCUT2D eigenvalue weighted by molar-refractivity contribution is -0.889. The van der Waals surface area contributed by atoms with Crippen LogP contribution < -0.4 is 5.11 Å². The van der Waals surface area contributed by atoms with Crippen molar-refractivity contribution < 1.29 is 38.2 Å². The highest BCUT2D eigenvalue weighted by Gasteiger charge is 2.25. The summed E-state index contributed by atoms with van der Waals surface area (Å²) in [6.07, 6.45) is 51.0. The summed E-state index contributed by atoms with van der Waals surface area (Å²) in [7, 11) is 5.43. The number of hydrogen-bond acceptors (Lipinski definition) is 7. The molecular weight excluding hydrogens is 775 g/mol. The molecule has 0 aliphatic rings. The van der Waals surface area contributed by atoms with Crippen LogP contribution in [0.25, 0.3) is 0 Å². The molecule has 2 atom stereocenters. The standard InChI is InChI=1S/C54H103NO7/c1-6-8-10-12-14-16-18-20-22-23-24-25-26-27-28-29-31-33-35-37-39-41-43-45-53(57)62-50(48-60-47-46-51(54(58)59)55(3,4)5)49-61-52(56)44-42-40-38-36-34-32-30-21-19-17-15-13-11-9-7-2/h23-24,50-51H,6-22,25-49H2,1-5H3/b24-23-. The van der Waals surface area contributed by atoms with Crippen LogP contribution in [0.5, 0.6) is 0 Å². The number of carbonyl (C=O) groups excluding carboxylic acids is 3. The monoisotopic (exact) mass is 878 g/mol. The molecule has 0 aliphatic heterocycles. The number of unbranched alkanes of at least 4 members (excludes halogenated alkanes) is 33. The van der Waals surface area contributed by atoms with E-state index in [9.17, 15) is 19.5 Å². The summed E-state index contributed by atoms with van der Waals surface area (Å²) >= 11 is 0. The van der Waals surface area contributed by atoms with Gasteiger partial charge in [-0.25, -0.2) is 0 Å². The number of nitrogens with zero attached hydrogens (tertiary/aromatic N) is 1. The van der Waals surface area contributed by atoms with Crippen molar-refractivity contribution in [1.29, 1.82) is 0 Å². The molecular formula is C54H103NO7. The summed E-state index contributed by atoms with van der Waals surface area (Å²) in [5, 5.41) is 11.7. The van der Waals surface area contributed by atoms with Gasteiger partial charge in [0.25, 0.3) is 0 Å². The Morgan fingerprint density at radius 1 is 0.468 bits per heavy atom. The summed E-state index contributed by atoms with van der Waals surface area (Å²) in [6.45, 7) is 4.71. The normalized spacial score (nSPS) is 12.9. The van der Waals surface area contributed by atoms with Crippen molar-refractivity contribution in [2.24, 2.45) is 0 Å². The molecule has 0 heterocycles. The van der Waals surface area contributed by atoms with E-state index >= 15 is 0 Å². The highest BCUT2D eigenvalue weighted by atomic mass is 16.6. The highest BCUT2D eigenvalue weighted by Crippen LogP contribution is 2.17. The third kappa shape index (κ3) is 43.3. The molecule has 8 heteroatoms. The second-order valence-electron chi connectivity index (χ2n) is 19.5. The molecule has 0 rings (SSSR count). The Labute approximate surface area is 384 Å². The molecule has 0 aromatic rings. The Morgan fingerprint density at radius 3 is 1.16 bits per heavy atom. The van der Waals surface area contributed by atoms with Crippen LogP contribution in [0.1, 0.15) is 264 Å². The zero-order valence-electron chi connectivity index (χ0n) is 41.8. The quantitative estimate of drug-likeness (QED) is 0.0260. The van der Waals surface area contributed by atoms with Gasteiger partial charge in [-0.3, -0.25) is 9.59 Å². The minimum absolute atomic E-state index is 0.0470. The van der Waals surface area contributed by atoms with E-state index < -0.39 is 18.1 Å². The zero-order valence-corrected chi connectivity index (χ0v) is 41.8. The Morgan fingerprint density at radius 2 is 0.806 bits per heavy atom. The first-order chi connectivity index (χ1) is 30.1. The number of carboxylic acids is 1. The molecule has 0 saturated heterocycles. The van der Waals surface area contributed by atoms with E-state index in [2.05, 4.69) is 26.0 Å². The lowest BCUT2D eigenvalue weighted by Gasteiger charge is -2.34. The fraction of sp³-hybridized carbons (Fsp3) is 0.907. The summed E-state index contributed by atoms with van der Waals surface area (Å²) in [5.41, 5.74) is 0. The van der Waals surface area contributed by atoms with E-state index in [1.54, 1.807) is 0 Å². The summed E-state index contributed by atoms with van der Waals surface area (Å²) in [4.78, 5) is 37.0. The molecule has 0 amide bonds. The first-order valence-electron chi connectivity index (χ1n) is 26.7. The van der Waals surface area contributed by atoms with Crippen molar-refractivity contribution in [2.75, 3.05) is 41.0 Å². The Hall–Kier alpha value is -1.93. The maximum Gasteiger partial charge on any atom is 0.306 e. The maximum atomic E-state index is 12.8. The maximum absolute atomic E-state index is 12.8. The lowest BCUT2D eigenvalue weighted by atomic mass is 10.0. The van der Waals surface area contributed by atoms with E-state index in [1.807, 2.05) is 21.1 Å². The number of rotatable bonds is 49. The number of carbonyl (C=O) groups is 3. The SMILES string of the molecule is CCCCCCCCCC/C=C\CCCCCCCCCCCCCC(=O)OC(COCCC(C(=O)[O-])[N+](C)(C)C)COC(=O)CCCCCCCCCCCCCCCCC. The van der Waals surface area contributed by atoms with Crippen molar-refractivity contribution in [3.8, 4) is 0 Å². The van der Waals surface area contributed by atoms with Crippen molar-refractivity contribution in [3.63, 3.8) is 0 Å². The third-order valence-corrected chi connectivity index (χ3v) is 12.4. The van der Waals surface area contributed by atoms with Crippen molar-refractivity contribution in [1.82, 2.24) is 0 Å². The topological polar surface area (TPSA) is 102 Å². The van der Waals surface area contributed by atoms with Crippen LogP contribution in [0.4, 0.5) is 0 Å². The van der Waals surface area contributed by atoms with Gasteiger partial charge in [-0.2, -0.15) is 0 Å². The van der Waals surface area contributed by atoms with Gasteiger partial charge in [0.2, 0.25) is 0 Å². The number of carboxylic acid groups (broad SMARTS) is 1. The number of esters is 2. The third-order valence-electron chi connectivity index (χ3n) is 12.4. The van der Waals surface area contributed by atoms with Gasteiger partial charge >= 0.3 is 11.9 Å². The average Bonchev–Trinajstić information content (AvgIpc) is 3.23. The molecule has 0 N–H and O–H groups in total. The Kier molecular flexibility index (Phi) is 44.2. The average molecular weight is 878 g/mol. The number of quaternary nitrogens is 1. The Bertz CT molecular complexity index is 1020. The molecule has 0 bridgehead atoms. The molecule has 0 saturated carbocycles. The van der Waals surface area contributed by atoms with Gasteiger partial charge in [0, 0.05) is 19.3 Å². The van der Waals surface area contributed by atoms with Gasteiger partial charge in [-0.05, 0) is 38.5 Å². The van der Waals surface area contributed by atoms with Crippen LogP contribution in [0.15, 0.2) is 12.2 Å². The van der Waals surface area contributed by atoms with E-state index in [0.717, 1.165) is 38.5 Å². The smallest absolute Gasteiger partial charge is 0.306 e. The Balaban J connectivity index is 4.16. The number of aliphatic carboxylic acids is 1. The van der Waals surface area contributed by atoms with Gasteiger partial charge in [0.15, 0.2) is 6.10 Å². The predicted octanol–water partition coefficient (Wildman–Crippen LogP) is 14.1. The molecule has 366 valence electrons. The van der Waals surface area contributed by atoms with E-state index in [0.29, 0.717) is 12.8 Å². The molecule has 0 aromatic heterocycles. The largest absolute Gasteiger partial charge is 0.544 e. The van der Waals surface area contributed by atoms with Crippen LogP contribution >= 0.6 is 0 Å². The number of ether oxygens (including phenoxy) is 3. The highest BCUT2D eigenvalue weighted by molar-refractivity contribution is 5.70. The van der Waals surface area contributed by atoms with Crippen molar-refractivity contribution in [2.45, 2.75) is 276 Å². The first-order valence-corrected chi connectivity index (χ1v) is 26.7. The molecule has 8 nitrogen and oxygen atoms in total. The second-order valence-corrected chi connectivity index (χ2v) is 19.5. The fourth-order valence-corrected chi connectivity index (χ4v) is 8.25. The van der Waals surface area contributed by atoms with E-state index in [1.165, 1.54) is 193 Å². The lowest BCUT2D eigenvalue weighted by Crippen LogP contribution is -2.55. The fourth-order valence-electron chi connectivity index (χ4n) is 8.25. The minimum atomic E-state index is -1.12. The van der Waals surface area contributed by atoms with E-state index in [-0.39, 0.29) is 42.7 Å². The molecule has 0 spiro atoms. The van der Waals surface area contributed by atoms with Crippen LogP contribution in [0.3, 0.4) is 0 Å². The zero-order chi connectivity index (χ0) is 45.6. The number of likely N-dealkylation sites (N-methyl/N-ethyl adjacent to an activating group) is 1. The van der Waals surface area contributed by atoms with Crippen LogP contribution in [-0.4, -0.2) is 75.5 Å². The molecule has 62 heavy (non-hydrogen) atoms. The van der Waals surface area contributed by atoms with Crippen LogP contribution in [0, 0.1) is 0 Å². The molecule has 0 fully saturated rings. The van der Waals surface area contributed by atoms with Gasteiger partial charge in [-0.15, -0.1) is 0 Å². The minimum Gasteiger partial charge on any atom is -0.544 e. The van der Waals surface area contributed by atoms with Crippen LogP contribution in [-0.2, 0) is 28.6 Å². The number of allylic oxidation sites excluding steroid dienone is 2. The van der Waals surface area contributed by atoms with Gasteiger partial charge in [-0.1, -0.05) is 219 Å². The van der Waals surface area contributed by atoms with Gasteiger partial charge in [0.05, 0.1) is 40.3 Å². The summed E-state index contributed by atoms with van der Waals surface area (Å²) in [5.74, 6) is -1.71. The molecule has 0 radical (unpaired) electrons. The van der Waals surface area contributed by atoms with Gasteiger partial charge in [0.1, 0.15) is 12.6 Å². The van der Waals surface area contributed by atoms with E-state index in [4.69, 9.17) is 14.2 Å².